The third kappa shape index (κ3) is 1.87. The second-order valence-electron chi connectivity index (χ2n) is 6.40. The summed E-state index contributed by atoms with van der Waals surface area (Å²) in [6.45, 7) is 0. The summed E-state index contributed by atoms with van der Waals surface area (Å²) in [6.07, 6.45) is 7.99. The maximum atomic E-state index is 5.91. The number of rotatable bonds is 2. The van der Waals surface area contributed by atoms with Crippen LogP contribution in [0.2, 0.25) is 0 Å². The van der Waals surface area contributed by atoms with Gasteiger partial charge in [0, 0.05) is 26.6 Å². The van der Waals surface area contributed by atoms with Crippen LogP contribution < -0.4 is 0 Å². The predicted molar refractivity (Wildman–Crippen MR) is 89.8 cm³/mol. The van der Waals surface area contributed by atoms with Gasteiger partial charge in [-0.15, -0.1) is 0 Å². The van der Waals surface area contributed by atoms with Gasteiger partial charge < -0.3 is 9.47 Å². The zero-order valence-electron chi connectivity index (χ0n) is 13.2. The largest absolute Gasteiger partial charge is 0.353 e. The first-order valence-corrected chi connectivity index (χ1v) is 8.09. The smallest absolute Gasteiger partial charge is 0.174 e. The molecule has 2 unspecified atom stereocenters. The third-order valence-corrected chi connectivity index (χ3v) is 5.51. The van der Waals surface area contributed by atoms with Crippen molar-refractivity contribution >= 4 is 16.8 Å². The number of hydrogen-bond acceptors (Lipinski definition) is 2. The Morgan fingerprint density at radius 1 is 1.05 bits per heavy atom. The van der Waals surface area contributed by atoms with E-state index < -0.39 is 5.79 Å². The summed E-state index contributed by atoms with van der Waals surface area (Å²) >= 11 is 0. The van der Waals surface area contributed by atoms with Crippen molar-refractivity contribution in [1.82, 2.24) is 0 Å². The number of benzene rings is 2. The molecule has 2 aromatic rings. The summed E-state index contributed by atoms with van der Waals surface area (Å²) in [5.41, 5.74) is 2.70. The van der Waals surface area contributed by atoms with Gasteiger partial charge in [0.25, 0.3) is 0 Å². The van der Waals surface area contributed by atoms with Gasteiger partial charge in [-0.1, -0.05) is 48.6 Å². The second-order valence-corrected chi connectivity index (χ2v) is 6.40. The molecular formula is C20H22O2. The average Bonchev–Trinajstić information content (AvgIpc) is 2.60. The molecule has 0 bridgehead atoms. The maximum Gasteiger partial charge on any atom is 0.174 e. The van der Waals surface area contributed by atoms with Crippen LogP contribution in [0.4, 0.5) is 0 Å². The van der Waals surface area contributed by atoms with Crippen LogP contribution in [-0.4, -0.2) is 20.0 Å². The van der Waals surface area contributed by atoms with E-state index in [4.69, 9.17) is 9.47 Å². The van der Waals surface area contributed by atoms with Crippen molar-refractivity contribution < 1.29 is 9.47 Å². The van der Waals surface area contributed by atoms with Crippen molar-refractivity contribution in [3.63, 3.8) is 0 Å². The van der Waals surface area contributed by atoms with Crippen molar-refractivity contribution in [3.8, 4) is 0 Å². The highest BCUT2D eigenvalue weighted by atomic mass is 16.7. The number of methoxy groups -OCH3 is 2. The molecule has 0 saturated heterocycles. The van der Waals surface area contributed by atoms with E-state index in [0.29, 0.717) is 5.92 Å². The molecule has 2 aromatic carbocycles. The Morgan fingerprint density at radius 3 is 2.68 bits per heavy atom. The van der Waals surface area contributed by atoms with E-state index in [1.165, 1.54) is 28.3 Å². The van der Waals surface area contributed by atoms with E-state index in [1.807, 2.05) is 0 Å². The molecule has 0 aliphatic heterocycles. The van der Waals surface area contributed by atoms with Crippen molar-refractivity contribution in [3.05, 3.63) is 53.6 Å². The highest BCUT2D eigenvalue weighted by molar-refractivity contribution is 5.92. The normalized spacial score (nSPS) is 25.7. The van der Waals surface area contributed by atoms with Gasteiger partial charge in [-0.3, -0.25) is 0 Å². The maximum absolute atomic E-state index is 5.91. The minimum Gasteiger partial charge on any atom is -0.353 e. The van der Waals surface area contributed by atoms with Crippen LogP contribution in [0.5, 0.6) is 0 Å². The summed E-state index contributed by atoms with van der Waals surface area (Å²) in [5, 5.41) is 2.61. The molecule has 2 heteroatoms. The van der Waals surface area contributed by atoms with E-state index >= 15 is 0 Å². The number of fused-ring (bicyclic) bond motifs is 5. The molecule has 0 heterocycles. The number of allylic oxidation sites excluding steroid dienone is 1. The fraction of sp³-hybridized carbons (Fsp3) is 0.400. The van der Waals surface area contributed by atoms with E-state index in [1.54, 1.807) is 14.2 Å². The second kappa shape index (κ2) is 5.22. The van der Waals surface area contributed by atoms with Crippen LogP contribution >= 0.6 is 0 Å². The zero-order chi connectivity index (χ0) is 15.2. The van der Waals surface area contributed by atoms with E-state index in [0.717, 1.165) is 12.8 Å². The third-order valence-electron chi connectivity index (χ3n) is 5.51. The van der Waals surface area contributed by atoms with Gasteiger partial charge in [0.1, 0.15) is 0 Å². The molecule has 4 rings (SSSR count). The van der Waals surface area contributed by atoms with Crippen molar-refractivity contribution in [1.29, 1.82) is 0 Å². The Kier molecular flexibility index (Phi) is 3.32. The minimum absolute atomic E-state index is 0.279. The van der Waals surface area contributed by atoms with Gasteiger partial charge in [0.2, 0.25) is 0 Å². The highest BCUT2D eigenvalue weighted by Gasteiger charge is 2.48. The Bertz CT molecular complexity index is 728. The van der Waals surface area contributed by atoms with Crippen LogP contribution in [0.15, 0.2) is 42.5 Å². The quantitative estimate of drug-likeness (QED) is 0.745. The summed E-state index contributed by atoms with van der Waals surface area (Å²) in [4.78, 5) is 0. The molecule has 0 spiro atoms. The molecule has 0 amide bonds. The predicted octanol–water partition coefficient (Wildman–Crippen LogP) is 4.74. The van der Waals surface area contributed by atoms with Crippen LogP contribution in [0.25, 0.3) is 16.8 Å². The molecule has 1 fully saturated rings. The lowest BCUT2D eigenvalue weighted by Crippen LogP contribution is -2.47. The summed E-state index contributed by atoms with van der Waals surface area (Å²) in [5.74, 6) is 0.286. The van der Waals surface area contributed by atoms with Crippen LogP contribution in [0, 0.1) is 5.92 Å². The molecular weight excluding hydrogens is 272 g/mol. The van der Waals surface area contributed by atoms with E-state index in [-0.39, 0.29) is 5.92 Å². The van der Waals surface area contributed by atoms with Crippen LogP contribution in [0.3, 0.4) is 0 Å². The minimum atomic E-state index is -0.495. The molecule has 22 heavy (non-hydrogen) atoms. The first kappa shape index (κ1) is 14.0. The number of ether oxygens (including phenoxy) is 2. The highest BCUT2D eigenvalue weighted by Crippen LogP contribution is 2.51. The molecule has 2 nitrogen and oxygen atoms in total. The Balaban J connectivity index is 1.94. The lowest BCUT2D eigenvalue weighted by molar-refractivity contribution is -0.241. The summed E-state index contributed by atoms with van der Waals surface area (Å²) in [7, 11) is 3.57. The molecule has 0 N–H and O–H groups in total. The van der Waals surface area contributed by atoms with Crippen LogP contribution in [-0.2, 0) is 9.47 Å². The van der Waals surface area contributed by atoms with Gasteiger partial charge in [-0.25, -0.2) is 0 Å². The lowest BCUT2D eigenvalue weighted by Gasteiger charge is -2.47. The summed E-state index contributed by atoms with van der Waals surface area (Å²) < 4.78 is 11.8. The van der Waals surface area contributed by atoms with Crippen LogP contribution in [0.1, 0.15) is 36.3 Å². The van der Waals surface area contributed by atoms with E-state index in [2.05, 4.69) is 48.6 Å². The molecule has 2 aliphatic carbocycles. The van der Waals surface area contributed by atoms with Gasteiger partial charge in [-0.05, 0) is 40.7 Å². The van der Waals surface area contributed by atoms with Crippen molar-refractivity contribution in [2.45, 2.75) is 31.0 Å². The molecule has 0 aromatic heterocycles. The molecule has 1 saturated carbocycles. The van der Waals surface area contributed by atoms with Gasteiger partial charge >= 0.3 is 0 Å². The molecule has 114 valence electrons. The van der Waals surface area contributed by atoms with Crippen molar-refractivity contribution in [2.75, 3.05) is 14.2 Å². The molecule has 2 atom stereocenters. The molecule has 2 aliphatic rings. The SMILES string of the molecule is COC1(OC)CCCC2C=Cc3c(ccc4ccccc34)C21. The van der Waals surface area contributed by atoms with Gasteiger partial charge in [0.05, 0.1) is 0 Å². The van der Waals surface area contributed by atoms with E-state index in [9.17, 15) is 0 Å². The lowest BCUT2D eigenvalue weighted by atomic mass is 9.67. The zero-order valence-corrected chi connectivity index (χ0v) is 13.2. The topological polar surface area (TPSA) is 18.5 Å². The number of hydrogen-bond donors (Lipinski definition) is 0. The summed E-state index contributed by atoms with van der Waals surface area (Å²) in [6, 6.07) is 13.1. The molecule has 0 radical (unpaired) electrons. The standard InChI is InChI=1S/C20H22O2/c1-21-20(22-2)13-5-7-15-10-11-17-16-8-4-3-6-14(16)9-12-18(17)19(15)20/h3-4,6,8-12,15,19H,5,7,13H2,1-2H3. The first-order chi connectivity index (χ1) is 10.8. The van der Waals surface area contributed by atoms with Gasteiger partial charge in [0.15, 0.2) is 5.79 Å². The monoisotopic (exact) mass is 294 g/mol. The average molecular weight is 294 g/mol. The Hall–Kier alpha value is -1.64. The fourth-order valence-electron chi connectivity index (χ4n) is 4.44. The van der Waals surface area contributed by atoms with Gasteiger partial charge in [-0.2, -0.15) is 0 Å². The fourth-order valence-corrected chi connectivity index (χ4v) is 4.44. The Morgan fingerprint density at radius 2 is 1.86 bits per heavy atom. The van der Waals surface area contributed by atoms with Crippen molar-refractivity contribution in [2.24, 2.45) is 5.92 Å². The first-order valence-electron chi connectivity index (χ1n) is 8.09. The Labute approximate surface area is 131 Å².